The van der Waals surface area contributed by atoms with Gasteiger partial charge in [-0.05, 0) is 6.92 Å². The largest absolute Gasteiger partial charge is 0.480 e. The van der Waals surface area contributed by atoms with Gasteiger partial charge in [0.15, 0.2) is 0 Å². The quantitative estimate of drug-likeness (QED) is 0.663. The molecule has 0 aromatic carbocycles. The normalized spacial score (nSPS) is 12.3. The van der Waals surface area contributed by atoms with Crippen LogP contribution in [0, 0.1) is 0 Å². The molecule has 0 spiro atoms. The van der Waals surface area contributed by atoms with Gasteiger partial charge >= 0.3 is 11.7 Å². The van der Waals surface area contributed by atoms with Crippen LogP contribution in [-0.4, -0.2) is 26.3 Å². The van der Waals surface area contributed by atoms with Crippen LogP contribution in [-0.2, 0) is 10.5 Å². The number of rotatable bonds is 4. The Hall–Kier alpha value is -1.50. The van der Waals surface area contributed by atoms with Crippen LogP contribution in [0.15, 0.2) is 15.7 Å². The van der Waals surface area contributed by atoms with E-state index in [1.54, 1.807) is 0 Å². The first-order valence-corrected chi connectivity index (χ1v) is 5.21. The lowest BCUT2D eigenvalue weighted by molar-refractivity contribution is -0.136. The minimum absolute atomic E-state index is 0.284. The molecule has 0 bridgehead atoms. The molecule has 0 saturated heterocycles. The maximum Gasteiger partial charge on any atom is 0.325 e. The van der Waals surface area contributed by atoms with Gasteiger partial charge in [0.1, 0.15) is 0 Å². The van der Waals surface area contributed by atoms with E-state index in [-0.39, 0.29) is 5.75 Å². The van der Waals surface area contributed by atoms with E-state index in [1.165, 1.54) is 13.0 Å². The number of H-pyrrole nitrogens is 2. The summed E-state index contributed by atoms with van der Waals surface area (Å²) in [5.41, 5.74) is -0.653. The highest BCUT2D eigenvalue weighted by Gasteiger charge is 2.11. The second kappa shape index (κ2) is 4.83. The molecule has 1 atom stereocenters. The van der Waals surface area contributed by atoms with E-state index >= 15 is 0 Å². The van der Waals surface area contributed by atoms with Crippen LogP contribution in [0.3, 0.4) is 0 Å². The zero-order valence-electron chi connectivity index (χ0n) is 7.94. The number of aromatic nitrogens is 2. The molecule has 15 heavy (non-hydrogen) atoms. The van der Waals surface area contributed by atoms with Gasteiger partial charge in [-0.3, -0.25) is 14.6 Å². The number of nitrogens with one attached hydrogen (secondary N) is 2. The van der Waals surface area contributed by atoms with E-state index in [1.807, 2.05) is 4.98 Å². The molecule has 0 aliphatic heterocycles. The van der Waals surface area contributed by atoms with Crippen molar-refractivity contribution in [1.29, 1.82) is 0 Å². The van der Waals surface area contributed by atoms with Crippen molar-refractivity contribution in [1.82, 2.24) is 9.97 Å². The maximum atomic E-state index is 10.9. The van der Waals surface area contributed by atoms with Crippen molar-refractivity contribution in [2.45, 2.75) is 17.9 Å². The van der Waals surface area contributed by atoms with Crippen LogP contribution >= 0.6 is 11.8 Å². The Balaban J connectivity index is 2.70. The summed E-state index contributed by atoms with van der Waals surface area (Å²) in [6.07, 6.45) is 0. The van der Waals surface area contributed by atoms with Crippen LogP contribution in [0.25, 0.3) is 0 Å². The molecule has 1 heterocycles. The fourth-order valence-corrected chi connectivity index (χ4v) is 1.61. The molecule has 1 aromatic rings. The van der Waals surface area contributed by atoms with Crippen LogP contribution in [0.2, 0.25) is 0 Å². The van der Waals surface area contributed by atoms with E-state index in [9.17, 15) is 14.4 Å². The Bertz CT molecular complexity index is 436. The summed E-state index contributed by atoms with van der Waals surface area (Å²) < 4.78 is 0. The highest BCUT2D eigenvalue weighted by molar-refractivity contribution is 7.99. The van der Waals surface area contributed by atoms with Gasteiger partial charge < -0.3 is 10.1 Å². The summed E-state index contributed by atoms with van der Waals surface area (Å²) in [5, 5.41) is 8.03. The number of carboxylic acids is 1. The molecule has 82 valence electrons. The Morgan fingerprint density at radius 2 is 2.20 bits per heavy atom. The van der Waals surface area contributed by atoms with Gasteiger partial charge in [0.05, 0.1) is 5.25 Å². The molecule has 1 aromatic heterocycles. The Morgan fingerprint density at radius 1 is 1.53 bits per heavy atom. The Labute approximate surface area is 88.7 Å². The minimum atomic E-state index is -0.924. The van der Waals surface area contributed by atoms with Crippen molar-refractivity contribution >= 4 is 17.7 Å². The summed E-state index contributed by atoms with van der Waals surface area (Å²) in [5.74, 6) is -0.640. The molecule has 6 nitrogen and oxygen atoms in total. The Kier molecular flexibility index (Phi) is 3.73. The van der Waals surface area contributed by atoms with E-state index in [0.29, 0.717) is 5.69 Å². The second-order valence-corrected chi connectivity index (χ2v) is 4.23. The fraction of sp³-hybridized carbons (Fsp3) is 0.375. The third-order valence-electron chi connectivity index (χ3n) is 1.65. The Morgan fingerprint density at radius 3 is 2.73 bits per heavy atom. The molecule has 0 saturated carbocycles. The fourth-order valence-electron chi connectivity index (χ4n) is 0.883. The predicted molar refractivity (Wildman–Crippen MR) is 56.1 cm³/mol. The first-order chi connectivity index (χ1) is 6.99. The minimum Gasteiger partial charge on any atom is -0.480 e. The third-order valence-corrected chi connectivity index (χ3v) is 2.83. The number of hydrogen-bond donors (Lipinski definition) is 3. The van der Waals surface area contributed by atoms with Crippen molar-refractivity contribution in [2.75, 3.05) is 0 Å². The SMILES string of the molecule is C[C@@H](SCc1cc(=O)[nH]c(=O)[nH]1)C(=O)O. The standard InChI is InChI=1S/C8H10N2O4S/c1-4(7(12)13)15-3-5-2-6(11)10-8(14)9-5/h2,4H,3H2,1H3,(H,12,13)(H2,9,10,11,14)/t4-/m1/s1. The van der Waals surface area contributed by atoms with Gasteiger partial charge in [0.25, 0.3) is 5.56 Å². The summed E-state index contributed by atoms with van der Waals surface area (Å²) >= 11 is 1.13. The maximum absolute atomic E-state index is 10.9. The molecule has 7 heteroatoms. The summed E-state index contributed by atoms with van der Waals surface area (Å²) in [6.45, 7) is 1.54. The van der Waals surface area contributed by atoms with Gasteiger partial charge in [0.2, 0.25) is 0 Å². The predicted octanol–water partition coefficient (Wildman–Crippen LogP) is -0.231. The van der Waals surface area contributed by atoms with Crippen molar-refractivity contribution in [3.8, 4) is 0 Å². The summed E-state index contributed by atoms with van der Waals surface area (Å²) in [7, 11) is 0. The number of carboxylic acid groups (broad SMARTS) is 1. The zero-order chi connectivity index (χ0) is 11.4. The number of carbonyl (C=O) groups is 1. The van der Waals surface area contributed by atoms with Gasteiger partial charge in [-0.2, -0.15) is 0 Å². The average molecular weight is 230 g/mol. The molecular weight excluding hydrogens is 220 g/mol. The first-order valence-electron chi connectivity index (χ1n) is 4.16. The number of thioether (sulfide) groups is 1. The highest BCUT2D eigenvalue weighted by Crippen LogP contribution is 2.14. The van der Waals surface area contributed by atoms with E-state index < -0.39 is 22.5 Å². The molecular formula is C8H10N2O4S. The van der Waals surface area contributed by atoms with Crippen LogP contribution < -0.4 is 11.2 Å². The second-order valence-electron chi connectivity index (χ2n) is 2.90. The average Bonchev–Trinajstić information content (AvgIpc) is 2.12. The molecule has 1 rings (SSSR count). The van der Waals surface area contributed by atoms with E-state index in [4.69, 9.17) is 5.11 Å². The molecule has 3 N–H and O–H groups in total. The van der Waals surface area contributed by atoms with Gasteiger partial charge in [-0.15, -0.1) is 11.8 Å². The van der Waals surface area contributed by atoms with Crippen molar-refractivity contribution in [3.05, 3.63) is 32.6 Å². The first kappa shape index (κ1) is 11.6. The number of hydrogen-bond acceptors (Lipinski definition) is 4. The molecule has 0 amide bonds. The molecule has 0 radical (unpaired) electrons. The van der Waals surface area contributed by atoms with Gasteiger partial charge in [-0.1, -0.05) is 0 Å². The lowest BCUT2D eigenvalue weighted by Gasteiger charge is -2.04. The van der Waals surface area contributed by atoms with Gasteiger partial charge in [-0.25, -0.2) is 4.79 Å². The third kappa shape index (κ3) is 3.62. The molecule has 0 unspecified atom stereocenters. The molecule has 0 fully saturated rings. The van der Waals surface area contributed by atoms with Crippen LogP contribution in [0.1, 0.15) is 12.6 Å². The van der Waals surface area contributed by atoms with Crippen LogP contribution in [0.5, 0.6) is 0 Å². The lowest BCUT2D eigenvalue weighted by atomic mass is 10.4. The van der Waals surface area contributed by atoms with Crippen molar-refractivity contribution in [2.24, 2.45) is 0 Å². The monoisotopic (exact) mass is 230 g/mol. The highest BCUT2D eigenvalue weighted by atomic mass is 32.2. The van der Waals surface area contributed by atoms with Crippen LogP contribution in [0.4, 0.5) is 0 Å². The summed E-state index contributed by atoms with van der Waals surface area (Å²) in [4.78, 5) is 36.7. The molecule has 0 aliphatic carbocycles. The smallest absolute Gasteiger partial charge is 0.325 e. The topological polar surface area (TPSA) is 103 Å². The molecule has 0 aliphatic rings. The van der Waals surface area contributed by atoms with E-state index in [0.717, 1.165) is 11.8 Å². The van der Waals surface area contributed by atoms with Crippen molar-refractivity contribution < 1.29 is 9.90 Å². The van der Waals surface area contributed by atoms with E-state index in [2.05, 4.69) is 4.98 Å². The number of aliphatic carboxylic acids is 1. The number of aromatic amines is 2. The zero-order valence-corrected chi connectivity index (χ0v) is 8.76. The van der Waals surface area contributed by atoms with Crippen molar-refractivity contribution in [3.63, 3.8) is 0 Å². The lowest BCUT2D eigenvalue weighted by Crippen LogP contribution is -2.23. The van der Waals surface area contributed by atoms with Gasteiger partial charge in [0, 0.05) is 17.5 Å². The summed E-state index contributed by atoms with van der Waals surface area (Å²) in [6, 6.07) is 1.24.